The zero-order chi connectivity index (χ0) is 14.4. The third kappa shape index (κ3) is 5.61. The molecule has 1 aromatic carbocycles. The van der Waals surface area contributed by atoms with Crippen LogP contribution >= 0.6 is 31.9 Å². The number of hydrogen-bond donors (Lipinski definition) is 3. The molecule has 1 rings (SSSR count). The molecular formula is C12H14Br2N2O3. The Labute approximate surface area is 128 Å². The number of halogens is 2. The zero-order valence-corrected chi connectivity index (χ0v) is 13.4. The van der Waals surface area contributed by atoms with E-state index >= 15 is 0 Å². The lowest BCUT2D eigenvalue weighted by Crippen LogP contribution is -2.31. The predicted molar refractivity (Wildman–Crippen MR) is 80.3 cm³/mol. The van der Waals surface area contributed by atoms with E-state index in [4.69, 9.17) is 5.11 Å². The normalized spacial score (nSPS) is 11.7. The van der Waals surface area contributed by atoms with Crippen LogP contribution in [-0.4, -0.2) is 23.7 Å². The zero-order valence-electron chi connectivity index (χ0n) is 10.2. The van der Waals surface area contributed by atoms with Crippen molar-refractivity contribution in [1.82, 2.24) is 5.32 Å². The molecule has 7 heteroatoms. The molecule has 0 aliphatic carbocycles. The standard InChI is InChI=1S/C12H14Br2N2O3/c1-7(11(17)18)4-5-15-12(19)16-10-3-2-8(13)6-9(10)14/h2-3,6-7H,4-5H2,1H3,(H,17,18)(H2,15,16,19). The van der Waals surface area contributed by atoms with E-state index in [0.29, 0.717) is 18.7 Å². The summed E-state index contributed by atoms with van der Waals surface area (Å²) in [6, 6.07) is 5.03. The molecular weight excluding hydrogens is 380 g/mol. The van der Waals surface area contributed by atoms with Gasteiger partial charge in [0.25, 0.3) is 0 Å². The van der Waals surface area contributed by atoms with Crippen LogP contribution in [-0.2, 0) is 4.79 Å². The van der Waals surface area contributed by atoms with Gasteiger partial charge in [0, 0.05) is 15.5 Å². The van der Waals surface area contributed by atoms with Crippen LogP contribution in [0.4, 0.5) is 10.5 Å². The van der Waals surface area contributed by atoms with Crippen LogP contribution in [0.25, 0.3) is 0 Å². The maximum absolute atomic E-state index is 11.6. The van der Waals surface area contributed by atoms with Crippen molar-refractivity contribution in [2.45, 2.75) is 13.3 Å². The minimum Gasteiger partial charge on any atom is -0.481 e. The lowest BCUT2D eigenvalue weighted by atomic mass is 10.1. The van der Waals surface area contributed by atoms with Gasteiger partial charge >= 0.3 is 12.0 Å². The summed E-state index contributed by atoms with van der Waals surface area (Å²) in [5.41, 5.74) is 0.645. The number of nitrogens with one attached hydrogen (secondary N) is 2. The fraction of sp³-hybridized carbons (Fsp3) is 0.333. The van der Waals surface area contributed by atoms with Crippen molar-refractivity contribution in [3.8, 4) is 0 Å². The average Bonchev–Trinajstić information content (AvgIpc) is 2.32. The molecule has 1 aromatic rings. The SMILES string of the molecule is CC(CCNC(=O)Nc1ccc(Br)cc1Br)C(=O)O. The molecule has 2 amide bonds. The molecule has 0 spiro atoms. The minimum atomic E-state index is -0.863. The summed E-state index contributed by atoms with van der Waals surface area (Å²) in [4.78, 5) is 22.2. The third-order valence-corrected chi connectivity index (χ3v) is 3.61. The number of aliphatic carboxylic acids is 1. The first kappa shape index (κ1) is 16.0. The molecule has 0 aromatic heterocycles. The van der Waals surface area contributed by atoms with E-state index in [-0.39, 0.29) is 6.03 Å². The highest BCUT2D eigenvalue weighted by atomic mass is 79.9. The molecule has 0 aliphatic rings. The summed E-state index contributed by atoms with van der Waals surface area (Å²) >= 11 is 6.66. The third-order valence-electron chi connectivity index (χ3n) is 2.46. The van der Waals surface area contributed by atoms with Gasteiger partial charge in [0.1, 0.15) is 0 Å². The quantitative estimate of drug-likeness (QED) is 0.716. The number of carboxylic acids is 1. The first-order chi connectivity index (χ1) is 8.90. The van der Waals surface area contributed by atoms with Crippen LogP contribution < -0.4 is 10.6 Å². The second kappa shape index (κ2) is 7.49. The number of hydrogen-bond acceptors (Lipinski definition) is 2. The summed E-state index contributed by atoms with van der Waals surface area (Å²) in [7, 11) is 0. The van der Waals surface area contributed by atoms with E-state index < -0.39 is 11.9 Å². The Morgan fingerprint density at radius 2 is 2.05 bits per heavy atom. The van der Waals surface area contributed by atoms with Gasteiger partial charge in [-0.25, -0.2) is 4.79 Å². The van der Waals surface area contributed by atoms with Gasteiger partial charge in [-0.1, -0.05) is 22.9 Å². The van der Waals surface area contributed by atoms with Crippen LogP contribution in [0.15, 0.2) is 27.1 Å². The summed E-state index contributed by atoms with van der Waals surface area (Å²) in [5, 5.41) is 14.0. The first-order valence-corrected chi connectivity index (χ1v) is 7.21. The van der Waals surface area contributed by atoms with Crippen LogP contribution in [0, 0.1) is 5.92 Å². The second-order valence-corrected chi connectivity index (χ2v) is 5.80. The highest BCUT2D eigenvalue weighted by Gasteiger charge is 2.11. The Bertz CT molecular complexity index is 480. The molecule has 5 nitrogen and oxygen atoms in total. The van der Waals surface area contributed by atoms with Gasteiger partial charge in [0.2, 0.25) is 0 Å². The first-order valence-electron chi connectivity index (χ1n) is 5.63. The number of benzene rings is 1. The van der Waals surface area contributed by atoms with E-state index in [1.54, 1.807) is 13.0 Å². The molecule has 0 bridgehead atoms. The van der Waals surface area contributed by atoms with Crippen molar-refractivity contribution in [1.29, 1.82) is 0 Å². The number of anilines is 1. The lowest BCUT2D eigenvalue weighted by Gasteiger charge is -2.10. The van der Waals surface area contributed by atoms with Crippen molar-refractivity contribution < 1.29 is 14.7 Å². The molecule has 104 valence electrons. The number of carbonyl (C=O) groups excluding carboxylic acids is 1. The van der Waals surface area contributed by atoms with Crippen molar-refractivity contribution in [2.75, 3.05) is 11.9 Å². The smallest absolute Gasteiger partial charge is 0.319 e. The van der Waals surface area contributed by atoms with Crippen LogP contribution in [0.1, 0.15) is 13.3 Å². The minimum absolute atomic E-state index is 0.313. The van der Waals surface area contributed by atoms with Gasteiger partial charge in [-0.05, 0) is 40.5 Å². The van der Waals surface area contributed by atoms with Crippen molar-refractivity contribution in [3.05, 3.63) is 27.1 Å². The lowest BCUT2D eigenvalue weighted by molar-refractivity contribution is -0.141. The van der Waals surface area contributed by atoms with Gasteiger partial charge in [-0.3, -0.25) is 4.79 Å². The number of urea groups is 1. The van der Waals surface area contributed by atoms with Gasteiger partial charge in [0.15, 0.2) is 0 Å². The molecule has 0 fully saturated rings. The molecule has 0 saturated heterocycles. The average molecular weight is 394 g/mol. The second-order valence-electron chi connectivity index (χ2n) is 4.03. The van der Waals surface area contributed by atoms with Crippen molar-refractivity contribution in [3.63, 3.8) is 0 Å². The van der Waals surface area contributed by atoms with Crippen molar-refractivity contribution in [2.24, 2.45) is 5.92 Å². The maximum Gasteiger partial charge on any atom is 0.319 e. The van der Waals surface area contributed by atoms with Crippen molar-refractivity contribution >= 4 is 49.5 Å². The fourth-order valence-corrected chi connectivity index (χ4v) is 2.43. The van der Waals surface area contributed by atoms with E-state index in [1.807, 2.05) is 12.1 Å². The largest absolute Gasteiger partial charge is 0.481 e. The number of carboxylic acid groups (broad SMARTS) is 1. The molecule has 1 unspecified atom stereocenters. The van der Waals surface area contributed by atoms with Gasteiger partial charge in [-0.2, -0.15) is 0 Å². The Balaban J connectivity index is 2.41. The molecule has 19 heavy (non-hydrogen) atoms. The number of rotatable bonds is 5. The molecule has 0 aliphatic heterocycles. The van der Waals surface area contributed by atoms with Crippen LogP contribution in [0.5, 0.6) is 0 Å². The van der Waals surface area contributed by atoms with Crippen LogP contribution in [0.3, 0.4) is 0 Å². The van der Waals surface area contributed by atoms with Gasteiger partial charge in [-0.15, -0.1) is 0 Å². The van der Waals surface area contributed by atoms with Crippen LogP contribution in [0.2, 0.25) is 0 Å². The number of amides is 2. The number of carbonyl (C=O) groups is 2. The van der Waals surface area contributed by atoms with E-state index in [1.165, 1.54) is 0 Å². The fourth-order valence-electron chi connectivity index (χ4n) is 1.28. The summed E-state index contributed by atoms with van der Waals surface area (Å²) in [6.45, 7) is 1.92. The highest BCUT2D eigenvalue weighted by Crippen LogP contribution is 2.25. The molecule has 3 N–H and O–H groups in total. The Morgan fingerprint density at radius 3 is 2.63 bits per heavy atom. The van der Waals surface area contributed by atoms with Gasteiger partial charge in [0.05, 0.1) is 11.6 Å². The summed E-state index contributed by atoms with van der Waals surface area (Å²) < 4.78 is 1.66. The summed E-state index contributed by atoms with van der Waals surface area (Å²) in [6.07, 6.45) is 0.393. The van der Waals surface area contributed by atoms with E-state index in [0.717, 1.165) is 8.95 Å². The van der Waals surface area contributed by atoms with E-state index in [2.05, 4.69) is 42.5 Å². The Kier molecular flexibility index (Phi) is 6.30. The molecule has 0 saturated carbocycles. The molecule has 1 atom stereocenters. The maximum atomic E-state index is 11.6. The summed E-state index contributed by atoms with van der Waals surface area (Å²) in [5.74, 6) is -1.34. The molecule has 0 radical (unpaired) electrons. The predicted octanol–water partition coefficient (Wildman–Crippen LogP) is 3.44. The Hall–Kier alpha value is -1.08. The monoisotopic (exact) mass is 392 g/mol. The van der Waals surface area contributed by atoms with Gasteiger partial charge < -0.3 is 15.7 Å². The Morgan fingerprint density at radius 1 is 1.37 bits per heavy atom. The van der Waals surface area contributed by atoms with E-state index in [9.17, 15) is 9.59 Å². The topological polar surface area (TPSA) is 78.4 Å². The molecule has 0 heterocycles. The highest BCUT2D eigenvalue weighted by molar-refractivity contribution is 9.11.